The first-order valence-electron chi connectivity index (χ1n) is 5.72. The van der Waals surface area contributed by atoms with Crippen LogP contribution < -0.4 is 16.8 Å². The predicted octanol–water partition coefficient (Wildman–Crippen LogP) is 2.68. The van der Waals surface area contributed by atoms with E-state index in [9.17, 15) is 4.79 Å². The molecule has 0 spiro atoms. The number of nitrogen functional groups attached to an aromatic ring is 2. The number of anilines is 3. The summed E-state index contributed by atoms with van der Waals surface area (Å²) in [7, 11) is 0. The minimum atomic E-state index is -0.256. The van der Waals surface area contributed by atoms with Crippen LogP contribution in [0.25, 0.3) is 0 Å². The third-order valence-corrected chi connectivity index (χ3v) is 3.68. The quantitative estimate of drug-likeness (QED) is 0.581. The van der Waals surface area contributed by atoms with E-state index < -0.39 is 0 Å². The molecule has 0 fully saturated rings. The van der Waals surface area contributed by atoms with E-state index in [1.54, 1.807) is 18.2 Å². The molecule has 0 bridgehead atoms. The standard InChI is InChI=1S/C12H11Cl2N5OS/c13-6-1-2-8(7(14)3-6)17-11(20)5-21-12-18-9(15)4-10(16)19-12/h1-4H,5H2,(H,17,20)(H4,15,16,18,19). The third kappa shape index (κ3) is 4.66. The zero-order valence-electron chi connectivity index (χ0n) is 10.6. The third-order valence-electron chi connectivity index (χ3n) is 2.28. The molecule has 21 heavy (non-hydrogen) atoms. The van der Waals surface area contributed by atoms with Gasteiger partial charge in [0.1, 0.15) is 11.6 Å². The molecule has 110 valence electrons. The Morgan fingerprint density at radius 2 is 1.86 bits per heavy atom. The van der Waals surface area contributed by atoms with E-state index in [0.717, 1.165) is 11.8 Å². The molecule has 0 aliphatic heterocycles. The average molecular weight is 344 g/mol. The summed E-state index contributed by atoms with van der Waals surface area (Å²) in [6.07, 6.45) is 0. The van der Waals surface area contributed by atoms with Crippen LogP contribution in [0.2, 0.25) is 10.0 Å². The lowest BCUT2D eigenvalue weighted by molar-refractivity contribution is -0.113. The molecule has 0 atom stereocenters. The number of nitrogens with one attached hydrogen (secondary N) is 1. The van der Waals surface area contributed by atoms with Gasteiger partial charge in [-0.3, -0.25) is 4.79 Å². The number of hydrogen-bond acceptors (Lipinski definition) is 6. The molecule has 1 aromatic heterocycles. The van der Waals surface area contributed by atoms with Gasteiger partial charge in [0.2, 0.25) is 5.91 Å². The van der Waals surface area contributed by atoms with Crippen LogP contribution in [0.5, 0.6) is 0 Å². The average Bonchev–Trinajstić information content (AvgIpc) is 2.39. The molecule has 0 aliphatic carbocycles. The van der Waals surface area contributed by atoms with Crippen LogP contribution in [0.15, 0.2) is 29.4 Å². The van der Waals surface area contributed by atoms with E-state index in [2.05, 4.69) is 15.3 Å². The van der Waals surface area contributed by atoms with Gasteiger partial charge in [-0.05, 0) is 18.2 Å². The normalized spacial score (nSPS) is 10.4. The van der Waals surface area contributed by atoms with Gasteiger partial charge in [-0.25, -0.2) is 9.97 Å². The molecule has 1 amide bonds. The monoisotopic (exact) mass is 343 g/mol. The van der Waals surface area contributed by atoms with Crippen LogP contribution in [0.3, 0.4) is 0 Å². The topological polar surface area (TPSA) is 107 Å². The summed E-state index contributed by atoms with van der Waals surface area (Å²) in [6, 6.07) is 6.26. The van der Waals surface area contributed by atoms with Gasteiger partial charge < -0.3 is 16.8 Å². The summed E-state index contributed by atoms with van der Waals surface area (Å²) in [4.78, 5) is 19.8. The van der Waals surface area contributed by atoms with Crippen LogP contribution >= 0.6 is 35.0 Å². The van der Waals surface area contributed by atoms with Crippen molar-refractivity contribution in [2.24, 2.45) is 0 Å². The minimum Gasteiger partial charge on any atom is -0.383 e. The zero-order valence-corrected chi connectivity index (χ0v) is 13.0. The Balaban J connectivity index is 1.95. The summed E-state index contributed by atoms with van der Waals surface area (Å²) in [6.45, 7) is 0. The maximum Gasteiger partial charge on any atom is 0.234 e. The number of thioether (sulfide) groups is 1. The SMILES string of the molecule is Nc1cc(N)nc(SCC(=O)Nc2ccc(Cl)cc2Cl)n1. The molecule has 0 saturated heterocycles. The number of nitrogens with two attached hydrogens (primary N) is 2. The van der Waals surface area contributed by atoms with E-state index in [-0.39, 0.29) is 23.3 Å². The van der Waals surface area contributed by atoms with Crippen LogP contribution in [0.1, 0.15) is 0 Å². The van der Waals surface area contributed by atoms with E-state index in [1.165, 1.54) is 6.07 Å². The molecule has 0 radical (unpaired) electrons. The van der Waals surface area contributed by atoms with Gasteiger partial charge in [0, 0.05) is 11.1 Å². The lowest BCUT2D eigenvalue weighted by atomic mass is 10.3. The fraction of sp³-hybridized carbons (Fsp3) is 0.0833. The molecule has 0 saturated carbocycles. The molecular formula is C12H11Cl2N5OS. The number of benzene rings is 1. The number of aromatic nitrogens is 2. The molecule has 2 aromatic rings. The second-order valence-electron chi connectivity index (χ2n) is 3.96. The maximum atomic E-state index is 11.9. The van der Waals surface area contributed by atoms with Gasteiger partial charge in [0.15, 0.2) is 5.16 Å². The lowest BCUT2D eigenvalue weighted by Crippen LogP contribution is -2.14. The summed E-state index contributed by atoms with van der Waals surface area (Å²) in [5, 5.41) is 3.87. The number of carbonyl (C=O) groups excluding carboxylic acids is 1. The van der Waals surface area contributed by atoms with Crippen molar-refractivity contribution in [2.45, 2.75) is 5.16 Å². The highest BCUT2D eigenvalue weighted by molar-refractivity contribution is 7.99. The van der Waals surface area contributed by atoms with Gasteiger partial charge in [-0.1, -0.05) is 35.0 Å². The predicted molar refractivity (Wildman–Crippen MR) is 86.7 cm³/mol. The molecule has 0 unspecified atom stereocenters. The van der Waals surface area contributed by atoms with Crippen LogP contribution in [-0.2, 0) is 4.79 Å². The number of amides is 1. The Hall–Kier alpha value is -1.70. The minimum absolute atomic E-state index is 0.0991. The highest BCUT2D eigenvalue weighted by atomic mass is 35.5. The van der Waals surface area contributed by atoms with E-state index >= 15 is 0 Å². The Morgan fingerprint density at radius 1 is 1.19 bits per heavy atom. The number of hydrogen-bond donors (Lipinski definition) is 3. The Kier molecular flexibility index (Phi) is 5.11. The van der Waals surface area contributed by atoms with Crippen molar-refractivity contribution in [3.8, 4) is 0 Å². The van der Waals surface area contributed by atoms with Gasteiger partial charge in [0.05, 0.1) is 16.5 Å². The van der Waals surface area contributed by atoms with Crippen molar-refractivity contribution in [1.29, 1.82) is 0 Å². The fourth-order valence-electron chi connectivity index (χ4n) is 1.43. The molecule has 6 nitrogen and oxygen atoms in total. The zero-order chi connectivity index (χ0) is 15.4. The highest BCUT2D eigenvalue weighted by Crippen LogP contribution is 2.25. The van der Waals surface area contributed by atoms with Crippen molar-refractivity contribution < 1.29 is 4.79 Å². The molecule has 1 aromatic carbocycles. The molecule has 9 heteroatoms. The number of carbonyl (C=O) groups is 1. The summed E-state index contributed by atoms with van der Waals surface area (Å²) >= 11 is 12.9. The van der Waals surface area contributed by atoms with Crippen LogP contribution in [-0.4, -0.2) is 21.6 Å². The van der Waals surface area contributed by atoms with Crippen molar-refractivity contribution in [2.75, 3.05) is 22.5 Å². The van der Waals surface area contributed by atoms with Gasteiger partial charge in [-0.15, -0.1) is 0 Å². The number of halogens is 2. The first-order valence-corrected chi connectivity index (χ1v) is 7.46. The number of nitrogens with zero attached hydrogens (tertiary/aromatic N) is 2. The summed E-state index contributed by atoms with van der Waals surface area (Å²) in [5.74, 6) is 0.355. The molecule has 1 heterocycles. The number of rotatable bonds is 4. The second-order valence-corrected chi connectivity index (χ2v) is 5.75. The van der Waals surface area contributed by atoms with Crippen molar-refractivity contribution >= 4 is 58.2 Å². The van der Waals surface area contributed by atoms with Gasteiger partial charge in [0.25, 0.3) is 0 Å². The Bertz CT molecular complexity index is 662. The van der Waals surface area contributed by atoms with Crippen molar-refractivity contribution in [1.82, 2.24) is 9.97 Å². The van der Waals surface area contributed by atoms with E-state index in [0.29, 0.717) is 20.9 Å². The van der Waals surface area contributed by atoms with Crippen LogP contribution in [0, 0.1) is 0 Å². The molecular weight excluding hydrogens is 333 g/mol. The summed E-state index contributed by atoms with van der Waals surface area (Å²) in [5.41, 5.74) is 11.6. The van der Waals surface area contributed by atoms with Crippen molar-refractivity contribution in [3.63, 3.8) is 0 Å². The fourth-order valence-corrected chi connectivity index (χ4v) is 2.56. The Labute approximate surface area is 135 Å². The lowest BCUT2D eigenvalue weighted by Gasteiger charge is -2.07. The molecule has 2 rings (SSSR count). The first-order chi connectivity index (χ1) is 9.94. The van der Waals surface area contributed by atoms with E-state index in [1.807, 2.05) is 0 Å². The smallest absolute Gasteiger partial charge is 0.234 e. The largest absolute Gasteiger partial charge is 0.383 e. The second kappa shape index (κ2) is 6.84. The summed E-state index contributed by atoms with van der Waals surface area (Å²) < 4.78 is 0. The van der Waals surface area contributed by atoms with Gasteiger partial charge in [-0.2, -0.15) is 0 Å². The van der Waals surface area contributed by atoms with Crippen LogP contribution in [0.4, 0.5) is 17.3 Å². The molecule has 0 aliphatic rings. The highest BCUT2D eigenvalue weighted by Gasteiger charge is 2.09. The first kappa shape index (κ1) is 15.7. The Morgan fingerprint density at radius 3 is 2.48 bits per heavy atom. The van der Waals surface area contributed by atoms with Crippen molar-refractivity contribution in [3.05, 3.63) is 34.3 Å². The maximum absolute atomic E-state index is 11.9. The molecule has 5 N–H and O–H groups in total. The van der Waals surface area contributed by atoms with E-state index in [4.69, 9.17) is 34.7 Å². The van der Waals surface area contributed by atoms with Gasteiger partial charge >= 0.3 is 0 Å².